The zero-order chi connectivity index (χ0) is 27.5. The highest BCUT2D eigenvalue weighted by molar-refractivity contribution is 6.32. The van der Waals surface area contributed by atoms with Crippen LogP contribution in [0.25, 0.3) is 6.08 Å². The molecule has 206 valence electrons. The average Bonchev–Trinajstić information content (AvgIpc) is 3.39. The van der Waals surface area contributed by atoms with Gasteiger partial charge in [0, 0.05) is 60.9 Å². The summed E-state index contributed by atoms with van der Waals surface area (Å²) in [7, 11) is 0. The molecular weight excluding hydrogens is 520 g/mol. The fourth-order valence-electron chi connectivity index (χ4n) is 6.54. The van der Waals surface area contributed by atoms with Crippen molar-refractivity contribution in [3.63, 3.8) is 0 Å². The monoisotopic (exact) mass is 554 g/mol. The smallest absolute Gasteiger partial charge is 0.253 e. The van der Waals surface area contributed by atoms with Gasteiger partial charge in [0.15, 0.2) is 0 Å². The van der Waals surface area contributed by atoms with Crippen molar-refractivity contribution in [2.24, 2.45) is 5.41 Å². The summed E-state index contributed by atoms with van der Waals surface area (Å²) < 4.78 is 0. The van der Waals surface area contributed by atoms with Crippen LogP contribution in [0, 0.1) is 5.41 Å². The SMILES string of the molecule is O=C(/C=C/c1ccccc1Cl)NC1CCc2ccc(C(=O)N3CCC4(CC3)CCN(c3ccncc3)CC4)cc21. The van der Waals surface area contributed by atoms with Gasteiger partial charge in [-0.3, -0.25) is 14.6 Å². The summed E-state index contributed by atoms with van der Waals surface area (Å²) in [5, 5.41) is 3.73. The Hall–Kier alpha value is -3.64. The number of likely N-dealkylation sites (tertiary alicyclic amines) is 1. The third-order valence-electron chi connectivity index (χ3n) is 9.07. The van der Waals surface area contributed by atoms with E-state index in [2.05, 4.69) is 33.4 Å². The number of halogens is 1. The Morgan fingerprint density at radius 1 is 0.950 bits per heavy atom. The van der Waals surface area contributed by atoms with E-state index >= 15 is 0 Å². The Labute approximate surface area is 241 Å². The van der Waals surface area contributed by atoms with E-state index in [9.17, 15) is 9.59 Å². The van der Waals surface area contributed by atoms with Gasteiger partial charge >= 0.3 is 0 Å². The standard InChI is InChI=1S/C33H35ClN4O2/c34-29-4-2-1-3-25(29)8-10-31(39)36-30-9-7-24-5-6-26(23-28(24)30)32(40)38-21-15-33(16-22-38)13-19-37(20-14-33)27-11-17-35-18-12-27/h1-6,8,10-12,17-18,23,30H,7,9,13-16,19-22H2,(H,36,39)/b10-8+. The first-order valence-corrected chi connectivity index (χ1v) is 14.7. The van der Waals surface area contributed by atoms with Gasteiger partial charge < -0.3 is 15.1 Å². The molecule has 2 aliphatic heterocycles. The topological polar surface area (TPSA) is 65.5 Å². The van der Waals surface area contributed by atoms with Crippen LogP contribution < -0.4 is 10.2 Å². The molecule has 7 heteroatoms. The third-order valence-corrected chi connectivity index (χ3v) is 9.41. The van der Waals surface area contributed by atoms with E-state index in [1.54, 1.807) is 12.1 Å². The molecule has 6 rings (SSSR count). The van der Waals surface area contributed by atoms with Gasteiger partial charge in [-0.1, -0.05) is 35.9 Å². The van der Waals surface area contributed by atoms with Gasteiger partial charge in [-0.05, 0) is 97.0 Å². The molecule has 1 unspecified atom stereocenters. The van der Waals surface area contributed by atoms with Crippen molar-refractivity contribution in [1.82, 2.24) is 15.2 Å². The Kier molecular flexibility index (Phi) is 7.61. The molecule has 0 bridgehead atoms. The van der Waals surface area contributed by atoms with E-state index in [0.29, 0.717) is 10.4 Å². The molecule has 0 radical (unpaired) electrons. The second kappa shape index (κ2) is 11.5. The number of piperidine rings is 2. The molecule has 3 aliphatic rings. The lowest BCUT2D eigenvalue weighted by atomic mass is 9.71. The van der Waals surface area contributed by atoms with E-state index in [1.807, 2.05) is 47.6 Å². The number of carbonyl (C=O) groups excluding carboxylic acids is 2. The molecule has 0 saturated carbocycles. The van der Waals surface area contributed by atoms with Crippen LogP contribution in [0.15, 0.2) is 73.1 Å². The lowest BCUT2D eigenvalue weighted by Gasteiger charge is -2.47. The van der Waals surface area contributed by atoms with E-state index in [1.165, 1.54) is 30.2 Å². The number of anilines is 1. The largest absolute Gasteiger partial charge is 0.371 e. The normalized spacial score (nSPS) is 20.1. The van der Waals surface area contributed by atoms with Crippen LogP contribution in [0.3, 0.4) is 0 Å². The number of rotatable bonds is 5. The van der Waals surface area contributed by atoms with Crippen LogP contribution in [0.5, 0.6) is 0 Å². The van der Waals surface area contributed by atoms with E-state index in [0.717, 1.165) is 68.6 Å². The number of amides is 2. The van der Waals surface area contributed by atoms with Crippen LogP contribution in [0.1, 0.15) is 65.2 Å². The van der Waals surface area contributed by atoms with E-state index in [4.69, 9.17) is 11.6 Å². The van der Waals surface area contributed by atoms with Crippen molar-refractivity contribution in [1.29, 1.82) is 0 Å². The fraction of sp³-hybridized carbons (Fsp3) is 0.364. The summed E-state index contributed by atoms with van der Waals surface area (Å²) in [5.74, 6) is -0.0618. The maximum absolute atomic E-state index is 13.5. The van der Waals surface area contributed by atoms with Gasteiger partial charge in [0.25, 0.3) is 5.91 Å². The summed E-state index contributed by atoms with van der Waals surface area (Å²) in [6.07, 6.45) is 13.2. The molecule has 3 aromatic rings. The summed E-state index contributed by atoms with van der Waals surface area (Å²) in [5.41, 5.74) is 5.38. The van der Waals surface area contributed by atoms with Crippen molar-refractivity contribution < 1.29 is 9.59 Å². The second-order valence-electron chi connectivity index (χ2n) is 11.4. The zero-order valence-electron chi connectivity index (χ0n) is 22.7. The summed E-state index contributed by atoms with van der Waals surface area (Å²) in [4.78, 5) is 34.8. The Morgan fingerprint density at radius 3 is 2.42 bits per heavy atom. The molecule has 3 heterocycles. The number of pyridine rings is 1. The minimum absolute atomic E-state index is 0.0960. The highest BCUT2D eigenvalue weighted by Crippen LogP contribution is 2.42. The van der Waals surface area contributed by atoms with Gasteiger partial charge in [-0.15, -0.1) is 0 Å². The Morgan fingerprint density at radius 2 is 1.68 bits per heavy atom. The van der Waals surface area contributed by atoms with Crippen molar-refractivity contribution in [2.75, 3.05) is 31.1 Å². The van der Waals surface area contributed by atoms with Crippen LogP contribution in [0.4, 0.5) is 5.69 Å². The molecule has 1 aliphatic carbocycles. The number of hydrogen-bond acceptors (Lipinski definition) is 4. The lowest BCUT2D eigenvalue weighted by Crippen LogP contribution is -2.48. The number of carbonyl (C=O) groups is 2. The first kappa shape index (κ1) is 26.6. The summed E-state index contributed by atoms with van der Waals surface area (Å²) >= 11 is 6.20. The Balaban J connectivity index is 1.05. The van der Waals surface area contributed by atoms with Crippen LogP contribution >= 0.6 is 11.6 Å². The van der Waals surface area contributed by atoms with Crippen molar-refractivity contribution in [2.45, 2.75) is 44.6 Å². The zero-order valence-corrected chi connectivity index (χ0v) is 23.4. The van der Waals surface area contributed by atoms with Crippen LogP contribution in [-0.4, -0.2) is 47.9 Å². The highest BCUT2D eigenvalue weighted by atomic mass is 35.5. The maximum atomic E-state index is 13.5. The molecule has 1 atom stereocenters. The summed E-state index contributed by atoms with van der Waals surface area (Å²) in [6, 6.07) is 17.5. The maximum Gasteiger partial charge on any atom is 0.253 e. The molecular formula is C33H35ClN4O2. The van der Waals surface area contributed by atoms with Crippen LogP contribution in [0.2, 0.25) is 5.02 Å². The average molecular weight is 555 g/mol. The van der Waals surface area contributed by atoms with Crippen molar-refractivity contribution >= 4 is 35.2 Å². The second-order valence-corrected chi connectivity index (χ2v) is 11.8. The van der Waals surface area contributed by atoms with Crippen molar-refractivity contribution in [3.05, 3.63) is 100 Å². The van der Waals surface area contributed by atoms with Gasteiger partial charge in [0.2, 0.25) is 5.91 Å². The number of aryl methyl sites for hydroxylation is 1. The number of nitrogens with zero attached hydrogens (tertiary/aromatic N) is 3. The first-order chi connectivity index (χ1) is 19.5. The molecule has 1 aromatic heterocycles. The van der Waals surface area contributed by atoms with Crippen molar-refractivity contribution in [3.8, 4) is 0 Å². The fourth-order valence-corrected chi connectivity index (χ4v) is 6.74. The quantitative estimate of drug-likeness (QED) is 0.388. The van der Waals surface area contributed by atoms with Gasteiger partial charge in [-0.25, -0.2) is 0 Å². The molecule has 1 spiro atoms. The lowest BCUT2D eigenvalue weighted by molar-refractivity contribution is -0.117. The molecule has 40 heavy (non-hydrogen) atoms. The molecule has 2 aromatic carbocycles. The molecule has 2 saturated heterocycles. The number of hydrogen-bond donors (Lipinski definition) is 1. The molecule has 2 fully saturated rings. The minimum Gasteiger partial charge on any atom is -0.371 e. The van der Waals surface area contributed by atoms with Gasteiger partial charge in [-0.2, -0.15) is 0 Å². The minimum atomic E-state index is -0.161. The molecule has 2 amide bonds. The number of fused-ring (bicyclic) bond motifs is 1. The number of nitrogens with one attached hydrogen (secondary N) is 1. The third kappa shape index (κ3) is 5.64. The van der Waals surface area contributed by atoms with E-state index < -0.39 is 0 Å². The predicted octanol–water partition coefficient (Wildman–Crippen LogP) is 6.07. The number of benzene rings is 2. The van der Waals surface area contributed by atoms with E-state index in [-0.39, 0.29) is 17.9 Å². The highest BCUT2D eigenvalue weighted by Gasteiger charge is 2.39. The molecule has 1 N–H and O–H groups in total. The van der Waals surface area contributed by atoms with Gasteiger partial charge in [0.05, 0.1) is 6.04 Å². The summed E-state index contributed by atoms with van der Waals surface area (Å²) in [6.45, 7) is 3.73. The predicted molar refractivity (Wildman–Crippen MR) is 159 cm³/mol. The first-order valence-electron chi connectivity index (χ1n) is 14.3. The Bertz CT molecular complexity index is 1400. The number of aromatic nitrogens is 1. The van der Waals surface area contributed by atoms with Gasteiger partial charge in [0.1, 0.15) is 0 Å². The van der Waals surface area contributed by atoms with Crippen LogP contribution in [-0.2, 0) is 11.2 Å². The molecule has 6 nitrogen and oxygen atoms in total.